The Balaban J connectivity index is 2.50. The third-order valence-electron chi connectivity index (χ3n) is 3.38. The van der Waals surface area contributed by atoms with E-state index in [-0.39, 0.29) is 6.04 Å². The van der Waals surface area contributed by atoms with Crippen LogP contribution in [0, 0.1) is 13.8 Å². The molecule has 1 heterocycles. The van der Waals surface area contributed by atoms with Crippen molar-refractivity contribution < 1.29 is 14.2 Å². The van der Waals surface area contributed by atoms with Gasteiger partial charge in [0.05, 0.1) is 33.1 Å². The Bertz CT molecular complexity index is 621. The Morgan fingerprint density at radius 1 is 1.00 bits per heavy atom. The monoisotopic (exact) mass is 308 g/mol. The number of aromatic nitrogens is 1. The van der Waals surface area contributed by atoms with Crippen molar-refractivity contribution in [2.45, 2.75) is 19.9 Å². The quantitative estimate of drug-likeness (QED) is 0.920. The van der Waals surface area contributed by atoms with Gasteiger partial charge in [0.1, 0.15) is 10.8 Å². The van der Waals surface area contributed by atoms with Crippen LogP contribution in [0.4, 0.5) is 0 Å². The van der Waals surface area contributed by atoms with E-state index in [4.69, 9.17) is 19.9 Å². The predicted molar refractivity (Wildman–Crippen MR) is 83.7 cm³/mol. The Morgan fingerprint density at radius 2 is 1.57 bits per heavy atom. The summed E-state index contributed by atoms with van der Waals surface area (Å²) in [7, 11) is 4.79. The van der Waals surface area contributed by atoms with Crippen molar-refractivity contribution >= 4 is 11.3 Å². The second kappa shape index (κ2) is 6.32. The van der Waals surface area contributed by atoms with Gasteiger partial charge in [-0.2, -0.15) is 0 Å². The summed E-state index contributed by atoms with van der Waals surface area (Å²) in [4.78, 5) is 5.69. The van der Waals surface area contributed by atoms with E-state index in [1.807, 2.05) is 19.9 Å². The molecular formula is C15H20N2O3S. The van der Waals surface area contributed by atoms with Gasteiger partial charge in [-0.05, 0) is 19.9 Å². The minimum Gasteiger partial charge on any atom is -0.496 e. The number of thiazole rings is 1. The van der Waals surface area contributed by atoms with Crippen LogP contribution in [0.15, 0.2) is 12.1 Å². The van der Waals surface area contributed by atoms with Crippen LogP contribution in [0.1, 0.15) is 27.2 Å². The molecule has 2 aromatic rings. The summed E-state index contributed by atoms with van der Waals surface area (Å²) in [6.07, 6.45) is 0. The zero-order chi connectivity index (χ0) is 15.6. The molecule has 0 saturated carbocycles. The first-order valence-electron chi connectivity index (χ1n) is 6.51. The van der Waals surface area contributed by atoms with Gasteiger partial charge in [0, 0.05) is 16.5 Å². The molecule has 0 aliphatic carbocycles. The molecule has 1 atom stereocenters. The molecule has 2 rings (SSSR count). The Kier molecular flexibility index (Phi) is 4.69. The zero-order valence-electron chi connectivity index (χ0n) is 12.9. The fourth-order valence-electron chi connectivity index (χ4n) is 2.06. The van der Waals surface area contributed by atoms with Crippen LogP contribution in [0.25, 0.3) is 0 Å². The molecule has 0 fully saturated rings. The molecule has 0 amide bonds. The average Bonchev–Trinajstić information content (AvgIpc) is 2.84. The molecule has 0 bridgehead atoms. The van der Waals surface area contributed by atoms with E-state index in [0.29, 0.717) is 17.2 Å². The lowest BCUT2D eigenvalue weighted by atomic mass is 10.1. The SMILES string of the molecule is COc1cc(OC)c(C(N)c2nc(C)c(C)s2)cc1OC. The van der Waals surface area contributed by atoms with Crippen LogP contribution < -0.4 is 19.9 Å². The molecule has 5 nitrogen and oxygen atoms in total. The molecule has 21 heavy (non-hydrogen) atoms. The lowest BCUT2D eigenvalue weighted by Crippen LogP contribution is -2.13. The van der Waals surface area contributed by atoms with E-state index < -0.39 is 0 Å². The number of aryl methyl sites for hydroxylation is 2. The standard InChI is InChI=1S/C15H20N2O3S/c1-8-9(2)21-15(17-8)14(16)10-6-12(19-4)13(20-5)7-11(10)18-3/h6-7,14H,16H2,1-5H3. The lowest BCUT2D eigenvalue weighted by molar-refractivity contribution is 0.347. The Labute approximate surface area is 128 Å². The summed E-state index contributed by atoms with van der Waals surface area (Å²) in [6, 6.07) is 3.26. The molecule has 1 unspecified atom stereocenters. The molecule has 6 heteroatoms. The molecule has 114 valence electrons. The Morgan fingerprint density at radius 3 is 2.05 bits per heavy atom. The van der Waals surface area contributed by atoms with Crippen molar-refractivity contribution in [2.24, 2.45) is 5.73 Å². The van der Waals surface area contributed by atoms with E-state index in [1.54, 1.807) is 38.7 Å². The van der Waals surface area contributed by atoms with Crippen LogP contribution in [0.3, 0.4) is 0 Å². The van der Waals surface area contributed by atoms with Crippen LogP contribution in [-0.4, -0.2) is 26.3 Å². The first-order valence-corrected chi connectivity index (χ1v) is 7.32. The molecule has 2 N–H and O–H groups in total. The molecule has 0 aliphatic heterocycles. The molecule has 0 spiro atoms. The van der Waals surface area contributed by atoms with Gasteiger partial charge in [-0.15, -0.1) is 11.3 Å². The van der Waals surface area contributed by atoms with E-state index in [9.17, 15) is 0 Å². The van der Waals surface area contributed by atoms with E-state index >= 15 is 0 Å². The van der Waals surface area contributed by atoms with Gasteiger partial charge in [-0.25, -0.2) is 4.98 Å². The molecule has 1 aromatic heterocycles. The third kappa shape index (κ3) is 2.96. The fourth-order valence-corrected chi connectivity index (χ4v) is 3.00. The summed E-state index contributed by atoms with van der Waals surface area (Å²) in [5, 5.41) is 0.857. The molecule has 0 radical (unpaired) electrons. The third-order valence-corrected chi connectivity index (χ3v) is 4.54. The van der Waals surface area contributed by atoms with Crippen molar-refractivity contribution in [2.75, 3.05) is 21.3 Å². The van der Waals surface area contributed by atoms with E-state index in [0.717, 1.165) is 16.3 Å². The predicted octanol–water partition coefficient (Wildman–Crippen LogP) is 2.83. The average molecular weight is 308 g/mol. The number of nitrogens with two attached hydrogens (primary N) is 1. The number of hydrogen-bond donors (Lipinski definition) is 1. The second-order valence-electron chi connectivity index (χ2n) is 4.62. The van der Waals surface area contributed by atoms with Crippen LogP contribution >= 0.6 is 11.3 Å². The summed E-state index contributed by atoms with van der Waals surface area (Å²) in [5.74, 6) is 1.89. The minimum absolute atomic E-state index is 0.364. The maximum Gasteiger partial charge on any atom is 0.164 e. The summed E-state index contributed by atoms with van der Waals surface area (Å²) < 4.78 is 16.1. The van der Waals surface area contributed by atoms with Gasteiger partial charge in [0.2, 0.25) is 0 Å². The van der Waals surface area contributed by atoms with Crippen LogP contribution in [-0.2, 0) is 0 Å². The number of benzene rings is 1. The fraction of sp³-hybridized carbons (Fsp3) is 0.400. The molecule has 0 aliphatic rings. The molecular weight excluding hydrogens is 288 g/mol. The molecule has 1 aromatic carbocycles. The largest absolute Gasteiger partial charge is 0.496 e. The van der Waals surface area contributed by atoms with Crippen molar-refractivity contribution in [3.8, 4) is 17.2 Å². The lowest BCUT2D eigenvalue weighted by Gasteiger charge is -2.17. The first-order chi connectivity index (χ1) is 10.0. The van der Waals surface area contributed by atoms with Gasteiger partial charge in [0.15, 0.2) is 11.5 Å². The highest BCUT2D eigenvalue weighted by atomic mass is 32.1. The number of ether oxygens (including phenoxy) is 3. The smallest absolute Gasteiger partial charge is 0.164 e. The highest BCUT2D eigenvalue weighted by molar-refractivity contribution is 7.11. The van der Waals surface area contributed by atoms with Crippen LogP contribution in [0.2, 0.25) is 0 Å². The number of methoxy groups -OCH3 is 3. The topological polar surface area (TPSA) is 66.6 Å². The maximum absolute atomic E-state index is 6.36. The number of rotatable bonds is 5. The molecule has 0 saturated heterocycles. The van der Waals surface area contributed by atoms with Gasteiger partial charge in [-0.1, -0.05) is 0 Å². The van der Waals surface area contributed by atoms with Crippen molar-refractivity contribution in [1.82, 2.24) is 4.98 Å². The van der Waals surface area contributed by atoms with Gasteiger partial charge >= 0.3 is 0 Å². The summed E-state index contributed by atoms with van der Waals surface area (Å²) in [5.41, 5.74) is 8.19. The van der Waals surface area contributed by atoms with Crippen molar-refractivity contribution in [1.29, 1.82) is 0 Å². The van der Waals surface area contributed by atoms with Gasteiger partial charge in [0.25, 0.3) is 0 Å². The maximum atomic E-state index is 6.36. The van der Waals surface area contributed by atoms with Crippen molar-refractivity contribution in [3.05, 3.63) is 33.3 Å². The minimum atomic E-state index is -0.364. The zero-order valence-corrected chi connectivity index (χ0v) is 13.7. The number of hydrogen-bond acceptors (Lipinski definition) is 6. The van der Waals surface area contributed by atoms with Gasteiger partial charge in [-0.3, -0.25) is 0 Å². The normalized spacial score (nSPS) is 12.1. The van der Waals surface area contributed by atoms with E-state index in [1.165, 1.54) is 4.88 Å². The second-order valence-corrected chi connectivity index (χ2v) is 5.86. The first kappa shape index (κ1) is 15.6. The van der Waals surface area contributed by atoms with E-state index in [2.05, 4.69) is 4.98 Å². The van der Waals surface area contributed by atoms with Gasteiger partial charge < -0.3 is 19.9 Å². The highest BCUT2D eigenvalue weighted by Crippen LogP contribution is 2.39. The van der Waals surface area contributed by atoms with Crippen LogP contribution in [0.5, 0.6) is 17.2 Å². The summed E-state index contributed by atoms with van der Waals surface area (Å²) in [6.45, 7) is 4.02. The highest BCUT2D eigenvalue weighted by Gasteiger charge is 2.21. The Hall–Kier alpha value is -1.79. The summed E-state index contributed by atoms with van der Waals surface area (Å²) >= 11 is 1.60. The number of nitrogens with zero attached hydrogens (tertiary/aromatic N) is 1. The van der Waals surface area contributed by atoms with Crippen molar-refractivity contribution in [3.63, 3.8) is 0 Å².